The molecule has 0 aliphatic heterocycles. The van der Waals surface area contributed by atoms with Gasteiger partial charge in [0.05, 0.1) is 11.7 Å². The van der Waals surface area contributed by atoms with E-state index in [0.717, 1.165) is 5.69 Å². The van der Waals surface area contributed by atoms with Crippen molar-refractivity contribution in [2.75, 3.05) is 7.05 Å². The van der Waals surface area contributed by atoms with Crippen LogP contribution < -0.4 is 0 Å². The summed E-state index contributed by atoms with van der Waals surface area (Å²) in [6.45, 7) is 1.89. The lowest BCUT2D eigenvalue weighted by Crippen LogP contribution is -2.31. The number of aromatic nitrogens is 4. The molecule has 0 aliphatic carbocycles. The van der Waals surface area contributed by atoms with Crippen molar-refractivity contribution < 1.29 is 4.79 Å². The minimum Gasteiger partial charge on any atom is -0.331 e. The van der Waals surface area contributed by atoms with Crippen LogP contribution in [0, 0.1) is 0 Å². The zero-order valence-corrected chi connectivity index (χ0v) is 11.7. The van der Waals surface area contributed by atoms with Crippen molar-refractivity contribution in [2.45, 2.75) is 13.0 Å². The summed E-state index contributed by atoms with van der Waals surface area (Å²) in [5.41, 5.74) is 0.806. The van der Waals surface area contributed by atoms with Gasteiger partial charge < -0.3 is 4.90 Å². The summed E-state index contributed by atoms with van der Waals surface area (Å²) in [7, 11) is 3.32. The highest BCUT2D eigenvalue weighted by Crippen LogP contribution is 2.18. The summed E-state index contributed by atoms with van der Waals surface area (Å²) in [4.78, 5) is 21.9. The minimum atomic E-state index is -0.291. The number of nitrogens with zero attached hydrogens (tertiary/aromatic N) is 5. The maximum Gasteiger partial charge on any atom is 0.293 e. The number of aryl methyl sites for hydroxylation is 1. The first-order chi connectivity index (χ1) is 9.00. The Morgan fingerprint density at radius 3 is 2.74 bits per heavy atom. The Kier molecular flexibility index (Phi) is 3.80. The highest BCUT2D eigenvalue weighted by molar-refractivity contribution is 6.28. The van der Waals surface area contributed by atoms with E-state index in [0.29, 0.717) is 0 Å². The molecule has 1 atom stereocenters. The summed E-state index contributed by atoms with van der Waals surface area (Å²) < 4.78 is 1.36. The molecule has 0 bridgehead atoms. The molecule has 0 spiro atoms. The third-order valence-corrected chi connectivity index (χ3v) is 3.25. The molecule has 7 heteroatoms. The Labute approximate surface area is 116 Å². The van der Waals surface area contributed by atoms with Gasteiger partial charge in [-0.05, 0) is 30.7 Å². The van der Waals surface area contributed by atoms with Crippen LogP contribution in [0.2, 0.25) is 5.28 Å². The zero-order chi connectivity index (χ0) is 14.0. The SMILES string of the molecule is CC(c1ccccn1)N(C)C(=O)c1nc(Cl)n(C)n1. The van der Waals surface area contributed by atoms with Crippen LogP contribution in [0.25, 0.3) is 0 Å². The lowest BCUT2D eigenvalue weighted by atomic mass is 10.2. The standard InChI is InChI=1S/C12H14ClN5O/c1-8(9-6-4-5-7-14-9)17(2)11(19)10-15-12(13)18(3)16-10/h4-8H,1-3H3. The molecular formula is C12H14ClN5O. The van der Waals surface area contributed by atoms with E-state index in [-0.39, 0.29) is 23.1 Å². The molecule has 1 unspecified atom stereocenters. The molecular weight excluding hydrogens is 266 g/mol. The highest BCUT2D eigenvalue weighted by Gasteiger charge is 2.23. The van der Waals surface area contributed by atoms with Crippen molar-refractivity contribution in [3.8, 4) is 0 Å². The van der Waals surface area contributed by atoms with Gasteiger partial charge >= 0.3 is 0 Å². The number of hydrogen-bond donors (Lipinski definition) is 0. The Bertz CT molecular complexity index is 564. The highest BCUT2D eigenvalue weighted by atomic mass is 35.5. The Hall–Kier alpha value is -1.95. The van der Waals surface area contributed by atoms with Crippen LogP contribution in [0.3, 0.4) is 0 Å². The van der Waals surface area contributed by atoms with Crippen molar-refractivity contribution in [1.29, 1.82) is 0 Å². The number of hydrogen-bond acceptors (Lipinski definition) is 4. The van der Waals surface area contributed by atoms with E-state index < -0.39 is 0 Å². The first-order valence-corrected chi connectivity index (χ1v) is 6.13. The molecule has 2 aromatic rings. The van der Waals surface area contributed by atoms with Crippen molar-refractivity contribution in [3.05, 3.63) is 41.2 Å². The summed E-state index contributed by atoms with van der Waals surface area (Å²) in [5.74, 6) is -0.210. The fourth-order valence-corrected chi connectivity index (χ4v) is 1.73. The van der Waals surface area contributed by atoms with Crippen LogP contribution in [0.1, 0.15) is 29.3 Å². The van der Waals surface area contributed by atoms with Crippen molar-refractivity contribution in [1.82, 2.24) is 24.6 Å². The number of rotatable bonds is 3. The predicted molar refractivity (Wildman–Crippen MR) is 70.8 cm³/mol. The van der Waals surface area contributed by atoms with Crippen molar-refractivity contribution in [2.24, 2.45) is 7.05 Å². The van der Waals surface area contributed by atoms with Gasteiger partial charge in [0.2, 0.25) is 11.1 Å². The van der Waals surface area contributed by atoms with Gasteiger partial charge in [0.25, 0.3) is 5.91 Å². The Morgan fingerprint density at radius 1 is 1.47 bits per heavy atom. The Balaban J connectivity index is 2.19. The molecule has 0 saturated heterocycles. The van der Waals surface area contributed by atoms with Crippen LogP contribution in [-0.2, 0) is 7.05 Å². The van der Waals surface area contributed by atoms with Gasteiger partial charge in [0.15, 0.2) is 0 Å². The number of pyridine rings is 1. The maximum atomic E-state index is 12.2. The lowest BCUT2D eigenvalue weighted by Gasteiger charge is -2.23. The van der Waals surface area contributed by atoms with Crippen LogP contribution in [0.15, 0.2) is 24.4 Å². The van der Waals surface area contributed by atoms with Crippen molar-refractivity contribution >= 4 is 17.5 Å². The van der Waals surface area contributed by atoms with E-state index in [1.165, 1.54) is 9.58 Å². The molecule has 0 radical (unpaired) electrons. The second-order valence-corrected chi connectivity index (χ2v) is 4.51. The molecule has 0 saturated carbocycles. The normalized spacial score (nSPS) is 12.2. The molecule has 0 fully saturated rings. The zero-order valence-electron chi connectivity index (χ0n) is 10.9. The third-order valence-electron chi connectivity index (χ3n) is 2.92. The van der Waals surface area contributed by atoms with E-state index in [9.17, 15) is 4.79 Å². The first kappa shape index (κ1) is 13.5. The van der Waals surface area contributed by atoms with Gasteiger partial charge in [-0.2, -0.15) is 4.98 Å². The largest absolute Gasteiger partial charge is 0.331 e. The van der Waals surface area contributed by atoms with Gasteiger partial charge in [-0.3, -0.25) is 9.78 Å². The van der Waals surface area contributed by atoms with Crippen molar-refractivity contribution in [3.63, 3.8) is 0 Å². The molecule has 2 aromatic heterocycles. The van der Waals surface area contributed by atoms with Crippen LogP contribution in [0.5, 0.6) is 0 Å². The van der Waals surface area contributed by atoms with E-state index in [2.05, 4.69) is 15.1 Å². The average Bonchev–Trinajstić information content (AvgIpc) is 2.77. The predicted octanol–water partition coefficient (Wildman–Crippen LogP) is 1.70. The van der Waals surface area contributed by atoms with Gasteiger partial charge in [0, 0.05) is 20.3 Å². The van der Waals surface area contributed by atoms with E-state index >= 15 is 0 Å². The second-order valence-electron chi connectivity index (χ2n) is 4.17. The van der Waals surface area contributed by atoms with Crippen LogP contribution in [0.4, 0.5) is 0 Å². The molecule has 1 amide bonds. The first-order valence-electron chi connectivity index (χ1n) is 5.75. The van der Waals surface area contributed by atoms with E-state index in [4.69, 9.17) is 11.6 Å². The summed E-state index contributed by atoms with van der Waals surface area (Å²) in [5, 5.41) is 4.15. The second kappa shape index (κ2) is 5.36. The van der Waals surface area contributed by atoms with Gasteiger partial charge in [-0.25, -0.2) is 4.68 Å². The minimum absolute atomic E-state index is 0.0813. The maximum absolute atomic E-state index is 12.2. The monoisotopic (exact) mass is 279 g/mol. The fourth-order valence-electron chi connectivity index (χ4n) is 1.61. The number of halogens is 1. The molecule has 0 aliphatic rings. The Morgan fingerprint density at radius 2 is 2.21 bits per heavy atom. The molecule has 6 nitrogen and oxygen atoms in total. The fraction of sp³-hybridized carbons (Fsp3) is 0.333. The van der Waals surface area contributed by atoms with Gasteiger partial charge in [-0.15, -0.1) is 5.10 Å². The summed E-state index contributed by atoms with van der Waals surface area (Å²) >= 11 is 5.78. The molecule has 0 N–H and O–H groups in total. The third kappa shape index (κ3) is 2.73. The van der Waals surface area contributed by atoms with Gasteiger partial charge in [-0.1, -0.05) is 6.07 Å². The van der Waals surface area contributed by atoms with E-state index in [1.807, 2.05) is 25.1 Å². The number of carbonyl (C=O) groups is 1. The average molecular weight is 280 g/mol. The molecule has 0 aromatic carbocycles. The molecule has 100 valence electrons. The molecule has 19 heavy (non-hydrogen) atoms. The quantitative estimate of drug-likeness (QED) is 0.858. The molecule has 2 heterocycles. The van der Waals surface area contributed by atoms with E-state index in [1.54, 1.807) is 20.3 Å². The van der Waals surface area contributed by atoms with Crippen LogP contribution >= 0.6 is 11.6 Å². The van der Waals surface area contributed by atoms with Crippen LogP contribution in [-0.4, -0.2) is 37.6 Å². The van der Waals surface area contributed by atoms with Gasteiger partial charge in [0.1, 0.15) is 0 Å². The molecule has 2 rings (SSSR count). The lowest BCUT2D eigenvalue weighted by molar-refractivity contribution is 0.0727. The topological polar surface area (TPSA) is 63.9 Å². The summed E-state index contributed by atoms with van der Waals surface area (Å²) in [6, 6.07) is 5.41. The summed E-state index contributed by atoms with van der Waals surface area (Å²) in [6.07, 6.45) is 1.69. The smallest absolute Gasteiger partial charge is 0.293 e. The number of carbonyl (C=O) groups excluding carboxylic acids is 1. The number of amides is 1.